The zero-order chi connectivity index (χ0) is 11.5. The molecule has 1 N–H and O–H groups in total. The average molecular weight is 214 g/mol. The van der Waals surface area contributed by atoms with Gasteiger partial charge in [-0.25, -0.2) is 0 Å². The monoisotopic (exact) mass is 214 g/mol. The van der Waals surface area contributed by atoms with Crippen molar-refractivity contribution in [3.05, 3.63) is 0 Å². The Kier molecular flexibility index (Phi) is 4.29. The standard InChI is InChI=1S/C12H22O3/c1-9(2)12(3,14)8-15-11-6-4-10(13)5-7-11/h9,11,14H,4-8H2,1-3H3. The van der Waals surface area contributed by atoms with Crippen LogP contribution < -0.4 is 0 Å². The van der Waals surface area contributed by atoms with Crippen molar-refractivity contribution in [1.82, 2.24) is 0 Å². The van der Waals surface area contributed by atoms with Gasteiger partial charge < -0.3 is 9.84 Å². The van der Waals surface area contributed by atoms with Gasteiger partial charge in [-0.1, -0.05) is 13.8 Å². The Morgan fingerprint density at radius 2 is 2.00 bits per heavy atom. The number of rotatable bonds is 4. The molecule has 15 heavy (non-hydrogen) atoms. The van der Waals surface area contributed by atoms with E-state index in [2.05, 4.69) is 0 Å². The van der Waals surface area contributed by atoms with Crippen molar-refractivity contribution in [2.75, 3.05) is 6.61 Å². The van der Waals surface area contributed by atoms with Gasteiger partial charge in [0.1, 0.15) is 5.78 Å². The van der Waals surface area contributed by atoms with Gasteiger partial charge in [0.25, 0.3) is 0 Å². The average Bonchev–Trinajstić information content (AvgIpc) is 2.17. The summed E-state index contributed by atoms with van der Waals surface area (Å²) in [5.74, 6) is 0.521. The van der Waals surface area contributed by atoms with Gasteiger partial charge >= 0.3 is 0 Å². The summed E-state index contributed by atoms with van der Waals surface area (Å²) in [6.07, 6.45) is 3.05. The third-order valence-corrected chi connectivity index (χ3v) is 3.35. The van der Waals surface area contributed by atoms with Crippen molar-refractivity contribution >= 4 is 5.78 Å². The van der Waals surface area contributed by atoms with Crippen LogP contribution in [-0.2, 0) is 9.53 Å². The number of ketones is 1. The van der Waals surface area contributed by atoms with E-state index in [4.69, 9.17) is 4.74 Å². The quantitative estimate of drug-likeness (QED) is 0.777. The molecular formula is C12H22O3. The summed E-state index contributed by atoms with van der Waals surface area (Å²) in [4.78, 5) is 11.0. The number of carbonyl (C=O) groups is 1. The highest BCUT2D eigenvalue weighted by molar-refractivity contribution is 5.79. The highest BCUT2D eigenvalue weighted by Gasteiger charge is 2.28. The number of carbonyl (C=O) groups excluding carboxylic acids is 1. The van der Waals surface area contributed by atoms with E-state index < -0.39 is 5.60 Å². The second-order valence-electron chi connectivity index (χ2n) is 5.06. The summed E-state index contributed by atoms with van der Waals surface area (Å²) in [7, 11) is 0. The summed E-state index contributed by atoms with van der Waals surface area (Å²) in [6.45, 7) is 6.12. The molecule has 0 radical (unpaired) electrons. The van der Waals surface area contributed by atoms with Crippen LogP contribution in [0.5, 0.6) is 0 Å². The van der Waals surface area contributed by atoms with Crippen LogP contribution >= 0.6 is 0 Å². The van der Waals surface area contributed by atoms with E-state index in [0.717, 1.165) is 12.8 Å². The molecule has 1 saturated carbocycles. The number of ether oxygens (including phenoxy) is 1. The minimum absolute atomic E-state index is 0.160. The molecule has 0 aromatic heterocycles. The predicted octanol–water partition coefficient (Wildman–Crippen LogP) is 1.92. The van der Waals surface area contributed by atoms with Crippen molar-refractivity contribution in [3.8, 4) is 0 Å². The lowest BCUT2D eigenvalue weighted by Crippen LogP contribution is -2.38. The van der Waals surface area contributed by atoms with Crippen LogP contribution in [0.15, 0.2) is 0 Å². The Labute approximate surface area is 91.8 Å². The largest absolute Gasteiger partial charge is 0.388 e. The fourth-order valence-electron chi connectivity index (χ4n) is 1.53. The van der Waals surface area contributed by atoms with E-state index in [9.17, 15) is 9.90 Å². The number of Topliss-reactive ketones (excluding diaryl/α,β-unsaturated/α-hetero) is 1. The van der Waals surface area contributed by atoms with Crippen LogP contribution in [-0.4, -0.2) is 29.2 Å². The topological polar surface area (TPSA) is 46.5 Å². The Hall–Kier alpha value is -0.410. The maximum Gasteiger partial charge on any atom is 0.133 e. The molecule has 0 aliphatic heterocycles. The maximum atomic E-state index is 11.0. The minimum Gasteiger partial charge on any atom is -0.388 e. The van der Waals surface area contributed by atoms with E-state index in [1.165, 1.54) is 0 Å². The van der Waals surface area contributed by atoms with Gasteiger partial charge in [-0.15, -0.1) is 0 Å². The van der Waals surface area contributed by atoms with E-state index >= 15 is 0 Å². The normalized spacial score (nSPS) is 23.1. The predicted molar refractivity (Wildman–Crippen MR) is 58.7 cm³/mol. The van der Waals surface area contributed by atoms with Gasteiger partial charge in [-0.3, -0.25) is 4.79 Å². The van der Waals surface area contributed by atoms with Crippen molar-refractivity contribution in [2.45, 2.75) is 58.2 Å². The van der Waals surface area contributed by atoms with Gasteiger partial charge in [0.2, 0.25) is 0 Å². The number of aliphatic hydroxyl groups is 1. The molecule has 0 amide bonds. The summed E-state index contributed by atoms with van der Waals surface area (Å²) in [5.41, 5.74) is -0.762. The van der Waals surface area contributed by atoms with Crippen molar-refractivity contribution in [3.63, 3.8) is 0 Å². The van der Waals surface area contributed by atoms with Crippen LogP contribution in [0.1, 0.15) is 46.5 Å². The highest BCUT2D eigenvalue weighted by atomic mass is 16.5. The molecule has 1 aliphatic carbocycles. The second-order valence-corrected chi connectivity index (χ2v) is 5.06. The molecule has 1 rings (SSSR count). The first-order chi connectivity index (χ1) is 6.92. The van der Waals surface area contributed by atoms with Crippen LogP contribution in [0.3, 0.4) is 0 Å². The van der Waals surface area contributed by atoms with Gasteiger partial charge in [-0.05, 0) is 25.7 Å². The zero-order valence-electron chi connectivity index (χ0n) is 9.95. The Balaban J connectivity index is 2.28. The molecule has 0 aromatic carbocycles. The molecular weight excluding hydrogens is 192 g/mol. The Morgan fingerprint density at radius 1 is 1.47 bits per heavy atom. The molecule has 1 fully saturated rings. The first-order valence-corrected chi connectivity index (χ1v) is 5.77. The molecule has 3 nitrogen and oxygen atoms in total. The molecule has 1 aliphatic rings. The lowest BCUT2D eigenvalue weighted by molar-refractivity contribution is -0.126. The fourth-order valence-corrected chi connectivity index (χ4v) is 1.53. The summed E-state index contributed by atoms with van der Waals surface area (Å²) in [6, 6.07) is 0. The van der Waals surface area contributed by atoms with Gasteiger partial charge in [0.15, 0.2) is 0 Å². The second kappa shape index (κ2) is 5.08. The fraction of sp³-hybridized carbons (Fsp3) is 0.917. The summed E-state index contributed by atoms with van der Waals surface area (Å²) < 4.78 is 5.66. The first-order valence-electron chi connectivity index (χ1n) is 5.77. The van der Waals surface area contributed by atoms with E-state index in [0.29, 0.717) is 25.2 Å². The maximum absolute atomic E-state index is 11.0. The number of hydrogen-bond acceptors (Lipinski definition) is 3. The van der Waals surface area contributed by atoms with Crippen molar-refractivity contribution in [1.29, 1.82) is 0 Å². The van der Waals surface area contributed by atoms with Gasteiger partial charge in [0.05, 0.1) is 18.3 Å². The van der Waals surface area contributed by atoms with Crippen molar-refractivity contribution in [2.24, 2.45) is 5.92 Å². The molecule has 88 valence electrons. The lowest BCUT2D eigenvalue weighted by atomic mass is 9.93. The highest BCUT2D eigenvalue weighted by Crippen LogP contribution is 2.22. The van der Waals surface area contributed by atoms with Crippen LogP contribution in [0.4, 0.5) is 0 Å². The number of hydrogen-bond donors (Lipinski definition) is 1. The van der Waals surface area contributed by atoms with Crippen LogP contribution in [0.2, 0.25) is 0 Å². The van der Waals surface area contributed by atoms with E-state index in [-0.39, 0.29) is 12.0 Å². The van der Waals surface area contributed by atoms with Crippen LogP contribution in [0.25, 0.3) is 0 Å². The third-order valence-electron chi connectivity index (χ3n) is 3.35. The van der Waals surface area contributed by atoms with Crippen LogP contribution in [0, 0.1) is 5.92 Å². The zero-order valence-corrected chi connectivity index (χ0v) is 9.95. The van der Waals surface area contributed by atoms with Crippen molar-refractivity contribution < 1.29 is 14.6 Å². The molecule has 1 atom stereocenters. The Morgan fingerprint density at radius 3 is 2.47 bits per heavy atom. The van der Waals surface area contributed by atoms with E-state index in [1.807, 2.05) is 13.8 Å². The Bertz CT molecular complexity index is 211. The SMILES string of the molecule is CC(C)C(C)(O)COC1CCC(=O)CC1. The lowest BCUT2D eigenvalue weighted by Gasteiger charge is -2.30. The molecule has 0 spiro atoms. The third kappa shape index (κ3) is 3.92. The first kappa shape index (κ1) is 12.7. The van der Waals surface area contributed by atoms with E-state index in [1.54, 1.807) is 6.92 Å². The van der Waals surface area contributed by atoms with Gasteiger partial charge in [0, 0.05) is 12.8 Å². The molecule has 0 heterocycles. The molecule has 0 saturated heterocycles. The smallest absolute Gasteiger partial charge is 0.133 e. The summed E-state index contributed by atoms with van der Waals surface area (Å²) >= 11 is 0. The molecule has 0 bridgehead atoms. The summed E-state index contributed by atoms with van der Waals surface area (Å²) in [5, 5.41) is 9.98. The van der Waals surface area contributed by atoms with Gasteiger partial charge in [-0.2, -0.15) is 0 Å². The minimum atomic E-state index is -0.762. The molecule has 0 aromatic rings. The molecule has 3 heteroatoms. The molecule has 1 unspecified atom stereocenters.